The predicted molar refractivity (Wildman–Crippen MR) is 59.7 cm³/mol. The molecule has 0 aliphatic heterocycles. The van der Waals surface area contributed by atoms with Crippen LogP contribution in [0.4, 0.5) is 0 Å². The highest BCUT2D eigenvalue weighted by atomic mass is 32.2. The summed E-state index contributed by atoms with van der Waals surface area (Å²) in [4.78, 5) is 35.7. The van der Waals surface area contributed by atoms with Crippen LogP contribution in [0.15, 0.2) is 20.7 Å². The van der Waals surface area contributed by atoms with E-state index in [1.807, 2.05) is 9.71 Å². The van der Waals surface area contributed by atoms with Crippen molar-refractivity contribution in [3.63, 3.8) is 0 Å². The second-order valence-electron chi connectivity index (χ2n) is 3.36. The number of H-pyrrole nitrogens is 2. The van der Waals surface area contributed by atoms with Crippen LogP contribution in [0.25, 0.3) is 0 Å². The number of sulfonamides is 1. The molecule has 1 rings (SSSR count). The Balaban J connectivity index is 3.18. The van der Waals surface area contributed by atoms with E-state index in [-0.39, 0.29) is 6.42 Å². The zero-order chi connectivity index (χ0) is 13.9. The van der Waals surface area contributed by atoms with E-state index in [9.17, 15) is 22.8 Å². The summed E-state index contributed by atoms with van der Waals surface area (Å²) in [5.74, 6) is -1.36. The van der Waals surface area contributed by atoms with Gasteiger partial charge in [-0.3, -0.25) is 14.6 Å². The molecule has 0 saturated carbocycles. The SMILES string of the molecule is CCC(NS(=O)(=O)c1c[nH]c(=O)[nH]c1=O)C(=O)O. The molecule has 1 heterocycles. The van der Waals surface area contributed by atoms with E-state index in [0.29, 0.717) is 6.20 Å². The van der Waals surface area contributed by atoms with Crippen LogP contribution in [0.3, 0.4) is 0 Å². The third kappa shape index (κ3) is 3.05. The Bertz CT molecular complexity index is 658. The van der Waals surface area contributed by atoms with E-state index in [1.165, 1.54) is 6.92 Å². The highest BCUT2D eigenvalue weighted by Gasteiger charge is 2.26. The summed E-state index contributed by atoms with van der Waals surface area (Å²) in [6.07, 6.45) is 0.716. The molecule has 0 radical (unpaired) electrons. The van der Waals surface area contributed by atoms with Crippen molar-refractivity contribution >= 4 is 16.0 Å². The molecule has 100 valence electrons. The molecule has 0 aliphatic rings. The van der Waals surface area contributed by atoms with Crippen molar-refractivity contribution in [1.82, 2.24) is 14.7 Å². The summed E-state index contributed by atoms with van der Waals surface area (Å²) < 4.78 is 25.3. The maximum absolute atomic E-state index is 11.7. The van der Waals surface area contributed by atoms with Crippen LogP contribution in [0.5, 0.6) is 0 Å². The fourth-order valence-electron chi connectivity index (χ4n) is 1.16. The first-order valence-corrected chi connectivity index (χ1v) is 6.33. The van der Waals surface area contributed by atoms with Gasteiger partial charge in [0, 0.05) is 6.20 Å². The van der Waals surface area contributed by atoms with Gasteiger partial charge in [0.25, 0.3) is 5.56 Å². The van der Waals surface area contributed by atoms with Crippen LogP contribution in [-0.2, 0) is 14.8 Å². The quantitative estimate of drug-likeness (QED) is 0.499. The molecule has 10 heteroatoms. The van der Waals surface area contributed by atoms with Crippen molar-refractivity contribution in [2.24, 2.45) is 0 Å². The third-order valence-electron chi connectivity index (χ3n) is 2.08. The van der Waals surface area contributed by atoms with Crippen LogP contribution in [0.1, 0.15) is 13.3 Å². The minimum atomic E-state index is -4.31. The Morgan fingerprint density at radius 2 is 2.11 bits per heavy atom. The molecule has 1 aromatic rings. The molecule has 0 aliphatic carbocycles. The molecule has 0 spiro atoms. The Labute approximate surface area is 101 Å². The topological polar surface area (TPSA) is 149 Å². The molecule has 0 aromatic carbocycles. The summed E-state index contributed by atoms with van der Waals surface area (Å²) in [6, 6.07) is -1.35. The number of hydrogen-bond donors (Lipinski definition) is 4. The van der Waals surface area contributed by atoms with Crippen molar-refractivity contribution in [3.8, 4) is 0 Å². The van der Waals surface area contributed by atoms with Crippen molar-refractivity contribution in [1.29, 1.82) is 0 Å². The van der Waals surface area contributed by atoms with Gasteiger partial charge in [-0.15, -0.1) is 0 Å². The summed E-state index contributed by atoms with van der Waals surface area (Å²) in [5, 5.41) is 8.73. The second kappa shape index (κ2) is 5.14. The van der Waals surface area contributed by atoms with Gasteiger partial charge in [-0.25, -0.2) is 13.2 Å². The molecule has 0 bridgehead atoms. The predicted octanol–water partition coefficient (Wildman–Crippen LogP) is -1.80. The van der Waals surface area contributed by atoms with Crippen molar-refractivity contribution in [2.75, 3.05) is 0 Å². The molecule has 1 unspecified atom stereocenters. The van der Waals surface area contributed by atoms with E-state index in [0.717, 1.165) is 0 Å². The summed E-state index contributed by atoms with van der Waals surface area (Å²) in [5.41, 5.74) is -1.98. The summed E-state index contributed by atoms with van der Waals surface area (Å²) in [6.45, 7) is 1.47. The van der Waals surface area contributed by atoms with E-state index in [1.54, 1.807) is 4.98 Å². The van der Waals surface area contributed by atoms with Crippen LogP contribution >= 0.6 is 0 Å². The lowest BCUT2D eigenvalue weighted by Crippen LogP contribution is -2.42. The van der Waals surface area contributed by atoms with E-state index in [4.69, 9.17) is 5.11 Å². The fraction of sp³-hybridized carbons (Fsp3) is 0.375. The lowest BCUT2D eigenvalue weighted by molar-refractivity contribution is -0.139. The zero-order valence-electron chi connectivity index (χ0n) is 9.26. The van der Waals surface area contributed by atoms with Gasteiger partial charge in [-0.1, -0.05) is 6.92 Å². The van der Waals surface area contributed by atoms with Gasteiger partial charge >= 0.3 is 11.7 Å². The Morgan fingerprint density at radius 3 is 2.56 bits per heavy atom. The number of rotatable bonds is 5. The van der Waals surface area contributed by atoms with Crippen LogP contribution in [-0.4, -0.2) is 35.5 Å². The van der Waals surface area contributed by atoms with Crippen LogP contribution in [0, 0.1) is 0 Å². The number of aliphatic carboxylic acids is 1. The first-order valence-electron chi connectivity index (χ1n) is 4.85. The number of hydrogen-bond acceptors (Lipinski definition) is 5. The van der Waals surface area contributed by atoms with Crippen molar-refractivity contribution in [2.45, 2.75) is 24.3 Å². The molecule has 0 fully saturated rings. The normalized spacial score (nSPS) is 13.2. The number of aromatic amines is 2. The number of carboxylic acid groups (broad SMARTS) is 1. The van der Waals surface area contributed by atoms with Gasteiger partial charge in [0.1, 0.15) is 6.04 Å². The lowest BCUT2D eigenvalue weighted by Gasteiger charge is -2.11. The Hall–Kier alpha value is -1.94. The summed E-state index contributed by atoms with van der Waals surface area (Å²) >= 11 is 0. The van der Waals surface area contributed by atoms with Gasteiger partial charge in [-0.2, -0.15) is 4.72 Å². The first-order chi connectivity index (χ1) is 8.27. The Morgan fingerprint density at radius 1 is 1.50 bits per heavy atom. The molecule has 1 atom stereocenters. The molecular formula is C8H11N3O6S. The van der Waals surface area contributed by atoms with Crippen LogP contribution in [0.2, 0.25) is 0 Å². The number of carboxylic acids is 1. The smallest absolute Gasteiger partial charge is 0.325 e. The Kier molecular flexibility index (Phi) is 4.03. The minimum Gasteiger partial charge on any atom is -0.480 e. The average molecular weight is 277 g/mol. The van der Waals surface area contributed by atoms with Crippen molar-refractivity contribution in [3.05, 3.63) is 27.0 Å². The van der Waals surface area contributed by atoms with Crippen molar-refractivity contribution < 1.29 is 18.3 Å². The highest BCUT2D eigenvalue weighted by Crippen LogP contribution is 2.02. The molecule has 0 amide bonds. The molecular weight excluding hydrogens is 266 g/mol. The zero-order valence-corrected chi connectivity index (χ0v) is 10.1. The third-order valence-corrected chi connectivity index (χ3v) is 3.56. The van der Waals surface area contributed by atoms with Crippen LogP contribution < -0.4 is 16.0 Å². The fourth-order valence-corrected chi connectivity index (χ4v) is 2.43. The van der Waals surface area contributed by atoms with Gasteiger partial charge in [0.15, 0.2) is 4.90 Å². The average Bonchev–Trinajstić information content (AvgIpc) is 2.24. The summed E-state index contributed by atoms with van der Waals surface area (Å²) in [7, 11) is -4.31. The molecule has 0 saturated heterocycles. The van der Waals surface area contributed by atoms with Gasteiger partial charge in [0.05, 0.1) is 0 Å². The second-order valence-corrected chi connectivity index (χ2v) is 5.04. The molecule has 1 aromatic heterocycles. The van der Waals surface area contributed by atoms with E-state index in [2.05, 4.69) is 0 Å². The maximum Gasteiger partial charge on any atom is 0.325 e. The van der Waals surface area contributed by atoms with Gasteiger partial charge in [0.2, 0.25) is 10.0 Å². The number of carbonyl (C=O) groups is 1. The van der Waals surface area contributed by atoms with Gasteiger partial charge < -0.3 is 10.1 Å². The number of nitrogens with one attached hydrogen (secondary N) is 3. The number of aromatic nitrogens is 2. The van der Waals surface area contributed by atoms with E-state index < -0.39 is 38.2 Å². The highest BCUT2D eigenvalue weighted by molar-refractivity contribution is 7.89. The maximum atomic E-state index is 11.7. The van der Waals surface area contributed by atoms with E-state index >= 15 is 0 Å². The van der Waals surface area contributed by atoms with Gasteiger partial charge in [-0.05, 0) is 6.42 Å². The largest absolute Gasteiger partial charge is 0.480 e. The molecule has 4 N–H and O–H groups in total. The standard InChI is InChI=1S/C8H11N3O6S/c1-2-4(7(13)14)11-18(16,17)5-3-9-8(15)10-6(5)12/h3-4,11H,2H2,1H3,(H,13,14)(H2,9,10,12,15). The first kappa shape index (κ1) is 14.1. The minimum absolute atomic E-state index is 0.00974. The molecule has 9 nitrogen and oxygen atoms in total. The monoisotopic (exact) mass is 277 g/mol. The lowest BCUT2D eigenvalue weighted by atomic mass is 10.2. The molecule has 18 heavy (non-hydrogen) atoms.